The quantitative estimate of drug-likeness (QED) is 0.627. The maximum absolute atomic E-state index is 12.4. The molecule has 1 aromatic carbocycles. The number of amides is 2. The Bertz CT molecular complexity index is 702. The minimum absolute atomic E-state index is 0.289. The van der Waals surface area contributed by atoms with Crippen molar-refractivity contribution in [2.45, 2.75) is 11.8 Å². The number of hydrogen-bond donors (Lipinski definition) is 1. The van der Waals surface area contributed by atoms with E-state index in [0.29, 0.717) is 9.23 Å². The summed E-state index contributed by atoms with van der Waals surface area (Å²) in [6, 6.07) is 7.94. The molecule has 1 N–H and O–H groups in total. The molecule has 1 saturated heterocycles. The number of para-hydroxylation sites is 1. The van der Waals surface area contributed by atoms with Crippen LogP contribution in [0.25, 0.3) is 0 Å². The van der Waals surface area contributed by atoms with Crippen molar-refractivity contribution in [1.82, 2.24) is 10.4 Å². The van der Waals surface area contributed by atoms with Gasteiger partial charge in [0.05, 0.1) is 10.7 Å². The molecule has 21 heavy (non-hydrogen) atoms. The van der Waals surface area contributed by atoms with Crippen LogP contribution in [0.5, 0.6) is 0 Å². The SMILES string of the molecule is CC(=O)NN1C(=O)C(=C2Sc3ccccc3N2C)SC1=S. The third-order valence-corrected chi connectivity index (χ3v) is 5.70. The van der Waals surface area contributed by atoms with Crippen molar-refractivity contribution in [3.63, 3.8) is 0 Å². The summed E-state index contributed by atoms with van der Waals surface area (Å²) in [6.45, 7) is 1.35. The Balaban J connectivity index is 1.97. The van der Waals surface area contributed by atoms with Gasteiger partial charge in [-0.15, -0.1) is 0 Å². The second-order valence-electron chi connectivity index (χ2n) is 4.44. The Kier molecular flexibility index (Phi) is 3.68. The molecule has 2 heterocycles. The summed E-state index contributed by atoms with van der Waals surface area (Å²) < 4.78 is 0.336. The molecular formula is C13H11N3O2S3. The highest BCUT2D eigenvalue weighted by Crippen LogP contribution is 2.49. The molecule has 0 aliphatic carbocycles. The number of fused-ring (bicyclic) bond motifs is 1. The van der Waals surface area contributed by atoms with Crippen molar-refractivity contribution in [2.24, 2.45) is 0 Å². The van der Waals surface area contributed by atoms with Gasteiger partial charge in [-0.05, 0) is 36.1 Å². The van der Waals surface area contributed by atoms with E-state index in [1.165, 1.54) is 30.4 Å². The van der Waals surface area contributed by atoms with E-state index in [2.05, 4.69) is 5.43 Å². The van der Waals surface area contributed by atoms with Crippen LogP contribution in [0.2, 0.25) is 0 Å². The van der Waals surface area contributed by atoms with Crippen molar-refractivity contribution < 1.29 is 9.59 Å². The Morgan fingerprint density at radius 2 is 2.00 bits per heavy atom. The third kappa shape index (κ3) is 2.43. The third-order valence-electron chi connectivity index (χ3n) is 2.97. The molecule has 1 aromatic rings. The van der Waals surface area contributed by atoms with Crippen LogP contribution in [-0.2, 0) is 9.59 Å². The van der Waals surface area contributed by atoms with Gasteiger partial charge in [0.1, 0.15) is 4.91 Å². The Morgan fingerprint density at radius 3 is 2.67 bits per heavy atom. The first kappa shape index (κ1) is 14.4. The molecule has 0 aromatic heterocycles. The molecule has 2 aliphatic rings. The summed E-state index contributed by atoms with van der Waals surface area (Å²) in [4.78, 5) is 27.2. The number of thioether (sulfide) groups is 2. The molecule has 2 amide bonds. The first-order valence-corrected chi connectivity index (χ1v) is 8.11. The average molecular weight is 337 g/mol. The minimum atomic E-state index is -0.326. The molecule has 5 nitrogen and oxygen atoms in total. The van der Waals surface area contributed by atoms with Crippen molar-refractivity contribution in [3.8, 4) is 0 Å². The van der Waals surface area contributed by atoms with E-state index in [1.54, 1.807) is 0 Å². The standard InChI is InChI=1S/C13H11N3O2S3/c1-7(17)14-16-11(18)10(21-13(16)19)12-15(2)8-5-3-4-6-9(8)20-12/h3-6H,1-2H3,(H,14,17). The van der Waals surface area contributed by atoms with E-state index in [4.69, 9.17) is 12.2 Å². The zero-order valence-electron chi connectivity index (χ0n) is 11.2. The van der Waals surface area contributed by atoms with Gasteiger partial charge in [0.25, 0.3) is 5.91 Å². The van der Waals surface area contributed by atoms with Crippen molar-refractivity contribution in [1.29, 1.82) is 0 Å². The largest absolute Gasteiger partial charge is 0.337 e. The number of carbonyl (C=O) groups is 2. The second kappa shape index (κ2) is 5.36. The Morgan fingerprint density at radius 1 is 1.29 bits per heavy atom. The number of anilines is 1. The number of thiocarbonyl (C=S) groups is 1. The van der Waals surface area contributed by atoms with Crippen LogP contribution < -0.4 is 10.3 Å². The lowest BCUT2D eigenvalue weighted by Gasteiger charge is -2.15. The predicted molar refractivity (Wildman–Crippen MR) is 88.6 cm³/mol. The summed E-state index contributed by atoms with van der Waals surface area (Å²) in [7, 11) is 1.92. The Hall–Kier alpha value is -1.51. The van der Waals surface area contributed by atoms with Crippen LogP contribution in [0.15, 0.2) is 39.1 Å². The van der Waals surface area contributed by atoms with Crippen molar-refractivity contribution in [2.75, 3.05) is 11.9 Å². The minimum Gasteiger partial charge on any atom is -0.337 e. The van der Waals surface area contributed by atoms with Gasteiger partial charge in [-0.3, -0.25) is 15.0 Å². The van der Waals surface area contributed by atoms with Gasteiger partial charge >= 0.3 is 0 Å². The smallest absolute Gasteiger partial charge is 0.287 e. The van der Waals surface area contributed by atoms with Crippen LogP contribution >= 0.6 is 35.7 Å². The number of hydrogen-bond acceptors (Lipinski definition) is 6. The lowest BCUT2D eigenvalue weighted by molar-refractivity contribution is -0.132. The van der Waals surface area contributed by atoms with Gasteiger partial charge in [-0.25, -0.2) is 0 Å². The van der Waals surface area contributed by atoms with E-state index >= 15 is 0 Å². The fourth-order valence-electron chi connectivity index (χ4n) is 2.05. The highest BCUT2D eigenvalue weighted by molar-refractivity contribution is 8.27. The van der Waals surface area contributed by atoms with Crippen LogP contribution in [0.4, 0.5) is 5.69 Å². The van der Waals surface area contributed by atoms with E-state index < -0.39 is 0 Å². The van der Waals surface area contributed by atoms with E-state index in [-0.39, 0.29) is 11.8 Å². The van der Waals surface area contributed by atoms with E-state index in [1.807, 2.05) is 36.2 Å². The number of rotatable bonds is 1. The molecule has 0 saturated carbocycles. The van der Waals surface area contributed by atoms with Crippen LogP contribution in [0, 0.1) is 0 Å². The number of nitrogens with one attached hydrogen (secondary N) is 1. The highest BCUT2D eigenvalue weighted by Gasteiger charge is 2.38. The van der Waals surface area contributed by atoms with Crippen molar-refractivity contribution in [3.05, 3.63) is 34.2 Å². The summed E-state index contributed by atoms with van der Waals surface area (Å²) in [5, 5.41) is 1.96. The molecular weight excluding hydrogens is 326 g/mol. The average Bonchev–Trinajstić information content (AvgIpc) is 2.91. The maximum atomic E-state index is 12.4. The number of nitrogens with zero attached hydrogens (tertiary/aromatic N) is 2. The predicted octanol–water partition coefficient (Wildman–Crippen LogP) is 2.31. The number of hydrazine groups is 1. The number of carbonyl (C=O) groups excluding carboxylic acids is 2. The molecule has 3 rings (SSSR count). The molecule has 0 radical (unpaired) electrons. The summed E-state index contributed by atoms with van der Waals surface area (Å²) in [5.41, 5.74) is 3.51. The second-order valence-corrected chi connectivity index (χ2v) is 7.11. The van der Waals surface area contributed by atoms with Gasteiger partial charge in [0.15, 0.2) is 4.32 Å². The fraction of sp³-hybridized carbons (Fsp3) is 0.154. The first-order valence-electron chi connectivity index (χ1n) is 6.07. The molecule has 8 heteroatoms. The van der Waals surface area contributed by atoms with Gasteiger partial charge in [0, 0.05) is 18.9 Å². The molecule has 108 valence electrons. The lowest BCUT2D eigenvalue weighted by Crippen LogP contribution is -2.43. The van der Waals surface area contributed by atoms with Crippen LogP contribution in [-0.4, -0.2) is 28.2 Å². The monoisotopic (exact) mass is 337 g/mol. The zero-order chi connectivity index (χ0) is 15.1. The fourth-order valence-corrected chi connectivity index (χ4v) is 4.56. The van der Waals surface area contributed by atoms with Crippen LogP contribution in [0.3, 0.4) is 0 Å². The Labute approximate surface area is 135 Å². The van der Waals surface area contributed by atoms with Crippen molar-refractivity contribution >= 4 is 57.6 Å². The zero-order valence-corrected chi connectivity index (χ0v) is 13.7. The molecule has 1 fully saturated rings. The summed E-state index contributed by atoms with van der Waals surface area (Å²) >= 11 is 7.90. The van der Waals surface area contributed by atoms with Gasteiger partial charge in [0.2, 0.25) is 5.91 Å². The van der Waals surface area contributed by atoms with E-state index in [0.717, 1.165) is 20.6 Å². The first-order chi connectivity index (χ1) is 9.99. The lowest BCUT2D eigenvalue weighted by atomic mass is 10.3. The van der Waals surface area contributed by atoms with Gasteiger partial charge < -0.3 is 4.90 Å². The summed E-state index contributed by atoms with van der Waals surface area (Å²) in [5.74, 6) is -0.615. The molecule has 0 unspecified atom stereocenters. The van der Waals surface area contributed by atoms with Gasteiger partial charge in [-0.1, -0.05) is 23.9 Å². The van der Waals surface area contributed by atoms with Gasteiger partial charge in [-0.2, -0.15) is 5.01 Å². The molecule has 2 aliphatic heterocycles. The maximum Gasteiger partial charge on any atom is 0.287 e. The highest BCUT2D eigenvalue weighted by atomic mass is 32.2. The molecule has 0 atom stereocenters. The molecule has 0 spiro atoms. The van der Waals surface area contributed by atoms with Crippen LogP contribution in [0.1, 0.15) is 6.92 Å². The normalized spacial score (nSPS) is 21.0. The molecule has 0 bridgehead atoms. The summed E-state index contributed by atoms with van der Waals surface area (Å²) in [6.07, 6.45) is 0. The number of benzene rings is 1. The van der Waals surface area contributed by atoms with E-state index in [9.17, 15) is 9.59 Å². The topological polar surface area (TPSA) is 52.7 Å².